The van der Waals surface area contributed by atoms with E-state index in [0.717, 1.165) is 66.8 Å². The first-order valence-corrected chi connectivity index (χ1v) is 24.8. The van der Waals surface area contributed by atoms with E-state index in [4.69, 9.17) is 14.4 Å². The Balaban J connectivity index is 1.04. The van der Waals surface area contributed by atoms with Crippen molar-refractivity contribution in [1.82, 2.24) is 9.13 Å². The van der Waals surface area contributed by atoms with Gasteiger partial charge in [0.05, 0.1) is 44.9 Å². The third-order valence-corrected chi connectivity index (χ3v) is 16.3. The maximum Gasteiger partial charge on any atom is 0.161 e. The zero-order valence-corrected chi connectivity index (χ0v) is 38.4. The van der Waals surface area contributed by atoms with Gasteiger partial charge in [0.15, 0.2) is 5.84 Å². The fourth-order valence-electron chi connectivity index (χ4n) is 12.0. The molecule has 5 nitrogen and oxygen atoms in total. The molecule has 14 aromatic rings. The highest BCUT2D eigenvalue weighted by molar-refractivity contribution is 7.26. The van der Waals surface area contributed by atoms with E-state index in [1.165, 1.54) is 74.8 Å². The number of hydrogen-bond acceptors (Lipinski definition) is 4. The third-order valence-electron chi connectivity index (χ3n) is 15.1. The minimum absolute atomic E-state index is 0.0934. The SMILES string of the molecule is C1=C(c2cc3c(cc2-n2c4ccccc4c4cc5ccccc5cc42)oc2ccccc23)N=C(c2cccc3c2sc2ccccc23)N=C2c3cccc4c5ccccc5n(c34)-c3ccccc3C2C1. The Labute approximate surface area is 404 Å². The monoisotopic (exact) mass is 910 g/mol. The molecule has 0 fully saturated rings. The number of nitrogens with zero attached hydrogens (tertiary/aromatic N) is 4. The van der Waals surface area contributed by atoms with E-state index in [0.29, 0.717) is 12.3 Å². The number of thiophene rings is 1. The average Bonchev–Trinajstić information content (AvgIpc) is 4.14. The van der Waals surface area contributed by atoms with Gasteiger partial charge in [-0.15, -0.1) is 11.3 Å². The van der Waals surface area contributed by atoms with Crippen molar-refractivity contribution in [2.45, 2.75) is 12.3 Å². The van der Waals surface area contributed by atoms with Crippen LogP contribution >= 0.6 is 11.3 Å². The Hall–Kier alpha value is -8.84. The second-order valence-corrected chi connectivity index (χ2v) is 19.8. The second kappa shape index (κ2) is 14.3. The molecular formula is C64H38N4OS. The number of para-hydroxylation sites is 5. The minimum atomic E-state index is -0.0934. The molecule has 10 aromatic carbocycles. The topological polar surface area (TPSA) is 47.7 Å². The number of allylic oxidation sites excluding steroid dienone is 1. The van der Waals surface area contributed by atoms with Gasteiger partial charge in [-0.1, -0.05) is 152 Å². The summed E-state index contributed by atoms with van der Waals surface area (Å²) in [5.74, 6) is 0.600. The molecule has 6 heteroatoms. The summed E-state index contributed by atoms with van der Waals surface area (Å²) in [6.45, 7) is 0. The van der Waals surface area contributed by atoms with Crippen molar-refractivity contribution < 1.29 is 4.42 Å². The van der Waals surface area contributed by atoms with E-state index < -0.39 is 0 Å². The number of aromatic nitrogens is 2. The molecule has 2 aliphatic heterocycles. The minimum Gasteiger partial charge on any atom is -0.456 e. The van der Waals surface area contributed by atoms with Crippen LogP contribution in [0.2, 0.25) is 0 Å². The lowest BCUT2D eigenvalue weighted by atomic mass is 9.85. The van der Waals surface area contributed by atoms with E-state index in [2.05, 4.69) is 215 Å². The molecule has 0 N–H and O–H groups in total. The number of hydrogen-bond donors (Lipinski definition) is 0. The molecule has 1 unspecified atom stereocenters. The molecule has 0 bridgehead atoms. The molecule has 6 heterocycles. The molecule has 0 spiro atoms. The van der Waals surface area contributed by atoms with Crippen LogP contribution in [0, 0.1) is 0 Å². The van der Waals surface area contributed by atoms with E-state index >= 15 is 0 Å². The largest absolute Gasteiger partial charge is 0.456 e. The lowest BCUT2D eigenvalue weighted by Crippen LogP contribution is -2.18. The van der Waals surface area contributed by atoms with Gasteiger partial charge >= 0.3 is 0 Å². The summed E-state index contributed by atoms with van der Waals surface area (Å²) < 4.78 is 14.1. The van der Waals surface area contributed by atoms with Crippen molar-refractivity contribution >= 4 is 125 Å². The van der Waals surface area contributed by atoms with Crippen LogP contribution in [-0.4, -0.2) is 20.7 Å². The predicted octanol–water partition coefficient (Wildman–Crippen LogP) is 17.1. The summed E-state index contributed by atoms with van der Waals surface area (Å²) in [5.41, 5.74) is 14.8. The van der Waals surface area contributed by atoms with E-state index in [9.17, 15) is 0 Å². The van der Waals surface area contributed by atoms with Crippen molar-refractivity contribution in [3.05, 3.63) is 235 Å². The van der Waals surface area contributed by atoms with Crippen LogP contribution in [0.1, 0.15) is 34.6 Å². The van der Waals surface area contributed by atoms with Crippen molar-refractivity contribution in [3.8, 4) is 11.4 Å². The zero-order valence-electron chi connectivity index (χ0n) is 37.6. The number of amidine groups is 1. The lowest BCUT2D eigenvalue weighted by Gasteiger charge is -2.23. The molecule has 0 aliphatic carbocycles. The normalized spacial score (nSPS) is 14.9. The first-order valence-electron chi connectivity index (χ1n) is 24.0. The fourth-order valence-corrected chi connectivity index (χ4v) is 13.2. The van der Waals surface area contributed by atoms with E-state index in [1.807, 2.05) is 17.4 Å². The molecule has 70 heavy (non-hydrogen) atoms. The number of furan rings is 1. The van der Waals surface area contributed by atoms with Crippen LogP contribution < -0.4 is 0 Å². The Morgan fingerprint density at radius 2 is 1.11 bits per heavy atom. The molecular weight excluding hydrogens is 873 g/mol. The molecule has 2 aliphatic rings. The Morgan fingerprint density at radius 1 is 0.443 bits per heavy atom. The number of aliphatic imine (C=N–C) groups is 2. The quantitative estimate of drug-likeness (QED) is 0.174. The fraction of sp³-hybridized carbons (Fsp3) is 0.0312. The van der Waals surface area contributed by atoms with Crippen LogP contribution in [-0.2, 0) is 0 Å². The van der Waals surface area contributed by atoms with Gasteiger partial charge in [0.25, 0.3) is 0 Å². The third kappa shape index (κ3) is 5.31. The standard InChI is InChI=1S/C64H38N4OS/c1-2-16-38-34-56-49(33-37(38)15-1)41-19-5-8-26-53(41)67(56)57-36-59-50(42-20-6-11-29-58(42)69-59)35-51(57)52-32-31-44-39-17-3-9-27-54(39)68-55-28-10-4-18-40(55)45-22-13-24-47(62(45)68)61(44)66-64(65-52)48-25-14-23-46-43-21-7-12-30-60(43)70-63(46)48/h1-30,32-36,44H,31H2. The van der Waals surface area contributed by atoms with Gasteiger partial charge in [-0.05, 0) is 77.4 Å². The molecule has 0 amide bonds. The van der Waals surface area contributed by atoms with E-state index in [1.54, 1.807) is 0 Å². The van der Waals surface area contributed by atoms with Gasteiger partial charge in [-0.3, -0.25) is 0 Å². The van der Waals surface area contributed by atoms with Crippen LogP contribution in [0.3, 0.4) is 0 Å². The van der Waals surface area contributed by atoms with Gasteiger partial charge in [0, 0.05) is 81.2 Å². The summed E-state index contributed by atoms with van der Waals surface area (Å²) in [4.78, 5) is 11.9. The van der Waals surface area contributed by atoms with Crippen LogP contribution in [0.4, 0.5) is 0 Å². The van der Waals surface area contributed by atoms with Crippen molar-refractivity contribution in [2.75, 3.05) is 0 Å². The average molecular weight is 911 g/mol. The van der Waals surface area contributed by atoms with Gasteiger partial charge in [-0.2, -0.15) is 0 Å². The first-order chi connectivity index (χ1) is 34.7. The Morgan fingerprint density at radius 3 is 1.99 bits per heavy atom. The van der Waals surface area contributed by atoms with Crippen LogP contribution in [0.15, 0.2) is 227 Å². The molecule has 0 saturated heterocycles. The highest BCUT2D eigenvalue weighted by Crippen LogP contribution is 2.46. The summed E-state index contributed by atoms with van der Waals surface area (Å²) in [6, 6.07) is 75.0. The molecule has 16 rings (SSSR count). The molecule has 326 valence electrons. The second-order valence-electron chi connectivity index (χ2n) is 18.7. The maximum atomic E-state index is 6.75. The highest BCUT2D eigenvalue weighted by atomic mass is 32.1. The summed E-state index contributed by atoms with van der Waals surface area (Å²) >= 11 is 1.82. The summed E-state index contributed by atoms with van der Waals surface area (Å²) in [6.07, 6.45) is 3.08. The summed E-state index contributed by atoms with van der Waals surface area (Å²) in [7, 11) is 0. The Kier molecular flexibility index (Phi) is 7.82. The smallest absolute Gasteiger partial charge is 0.161 e. The summed E-state index contributed by atoms with van der Waals surface area (Å²) in [5, 5.41) is 11.8. The molecule has 0 radical (unpaired) electrons. The highest BCUT2D eigenvalue weighted by Gasteiger charge is 2.33. The van der Waals surface area contributed by atoms with Gasteiger partial charge in [0.2, 0.25) is 0 Å². The van der Waals surface area contributed by atoms with Crippen molar-refractivity contribution in [3.63, 3.8) is 0 Å². The molecule has 1 atom stereocenters. The number of fused-ring (bicyclic) bond motifs is 18. The number of rotatable bonds is 3. The van der Waals surface area contributed by atoms with Crippen molar-refractivity contribution in [2.24, 2.45) is 9.98 Å². The molecule has 0 saturated carbocycles. The Bertz CT molecular complexity index is 4710. The van der Waals surface area contributed by atoms with Crippen LogP contribution in [0.25, 0.3) is 114 Å². The predicted molar refractivity (Wildman–Crippen MR) is 294 cm³/mol. The van der Waals surface area contributed by atoms with E-state index in [-0.39, 0.29) is 5.92 Å². The van der Waals surface area contributed by atoms with Gasteiger partial charge in [0.1, 0.15) is 11.2 Å². The molecule has 4 aromatic heterocycles. The number of benzene rings is 10. The van der Waals surface area contributed by atoms with Crippen LogP contribution in [0.5, 0.6) is 0 Å². The van der Waals surface area contributed by atoms with Gasteiger partial charge in [-0.25, -0.2) is 9.98 Å². The first kappa shape index (κ1) is 38.2. The van der Waals surface area contributed by atoms with Gasteiger partial charge < -0.3 is 13.6 Å². The maximum absolute atomic E-state index is 6.75. The van der Waals surface area contributed by atoms with Crippen molar-refractivity contribution in [1.29, 1.82) is 0 Å². The zero-order chi connectivity index (χ0) is 45.6. The lowest BCUT2D eigenvalue weighted by molar-refractivity contribution is 0.668.